The number of likely N-dealkylation sites (tertiary alicyclic amines) is 1. The minimum absolute atomic E-state index is 0.0298. The summed E-state index contributed by atoms with van der Waals surface area (Å²) in [5.74, 6) is 0.976. The van der Waals surface area contributed by atoms with Crippen LogP contribution in [0.2, 0.25) is 0 Å². The summed E-state index contributed by atoms with van der Waals surface area (Å²) in [6.45, 7) is 2.54. The van der Waals surface area contributed by atoms with Crippen LogP contribution in [-0.4, -0.2) is 39.2 Å². The van der Waals surface area contributed by atoms with Gasteiger partial charge in [-0.1, -0.05) is 0 Å². The molecule has 1 aliphatic rings. The largest absolute Gasteiger partial charge is 0.369 e. The van der Waals surface area contributed by atoms with Gasteiger partial charge in [0.1, 0.15) is 11.9 Å². The van der Waals surface area contributed by atoms with Gasteiger partial charge in [0.2, 0.25) is 5.91 Å². The molecule has 0 unspecified atom stereocenters. The van der Waals surface area contributed by atoms with E-state index in [4.69, 9.17) is 0 Å². The predicted molar refractivity (Wildman–Crippen MR) is 93.6 cm³/mol. The van der Waals surface area contributed by atoms with Gasteiger partial charge in [-0.15, -0.1) is 0 Å². The number of aromatic nitrogens is 3. The third kappa shape index (κ3) is 3.48. The Kier molecular flexibility index (Phi) is 4.70. The fourth-order valence-corrected chi connectivity index (χ4v) is 3.43. The number of hydrogen-bond donors (Lipinski definition) is 1. The predicted octanol–water partition coefficient (Wildman–Crippen LogP) is 2.02. The zero-order chi connectivity index (χ0) is 18.0. The summed E-state index contributed by atoms with van der Waals surface area (Å²) in [7, 11) is 3.72. The quantitative estimate of drug-likeness (QED) is 0.921. The molecule has 1 aliphatic heterocycles. The third-order valence-corrected chi connectivity index (χ3v) is 4.74. The number of amides is 1. The van der Waals surface area contributed by atoms with Crippen molar-refractivity contribution >= 4 is 11.7 Å². The Balaban J connectivity index is 1.81. The molecule has 7 nitrogen and oxygen atoms in total. The summed E-state index contributed by atoms with van der Waals surface area (Å²) in [5, 5.41) is 16.8. The molecule has 0 radical (unpaired) electrons. The van der Waals surface area contributed by atoms with Crippen molar-refractivity contribution in [3.8, 4) is 6.07 Å². The van der Waals surface area contributed by atoms with Crippen molar-refractivity contribution in [3.05, 3.63) is 41.3 Å². The number of nitrogens with one attached hydrogen (secondary N) is 1. The lowest BCUT2D eigenvalue weighted by atomic mass is 9.85. The molecular weight excluding hydrogens is 316 g/mol. The number of carbonyl (C=O) groups excluding carboxylic acids is 1. The highest BCUT2D eigenvalue weighted by Crippen LogP contribution is 2.35. The molecule has 3 heterocycles. The molecule has 2 aromatic heterocycles. The Bertz CT molecular complexity index is 821. The maximum Gasteiger partial charge on any atom is 0.222 e. The van der Waals surface area contributed by atoms with Crippen molar-refractivity contribution < 1.29 is 4.79 Å². The molecule has 2 atom stereocenters. The van der Waals surface area contributed by atoms with E-state index in [-0.39, 0.29) is 17.9 Å². The Morgan fingerprint density at radius 3 is 2.88 bits per heavy atom. The summed E-state index contributed by atoms with van der Waals surface area (Å²) < 4.78 is 1.75. The van der Waals surface area contributed by atoms with Gasteiger partial charge in [-0.2, -0.15) is 10.4 Å². The molecule has 1 amide bonds. The average molecular weight is 338 g/mol. The van der Waals surface area contributed by atoms with Crippen molar-refractivity contribution in [2.45, 2.75) is 25.8 Å². The Hall–Kier alpha value is -2.88. The van der Waals surface area contributed by atoms with E-state index in [0.29, 0.717) is 24.3 Å². The molecule has 0 spiro atoms. The zero-order valence-corrected chi connectivity index (χ0v) is 14.7. The van der Waals surface area contributed by atoms with Gasteiger partial charge in [0.15, 0.2) is 0 Å². The molecule has 0 aromatic carbocycles. The van der Waals surface area contributed by atoms with Crippen LogP contribution in [0.1, 0.15) is 35.7 Å². The first-order valence-corrected chi connectivity index (χ1v) is 8.35. The lowest BCUT2D eigenvalue weighted by Gasteiger charge is -2.38. The molecule has 1 fully saturated rings. The molecule has 0 aliphatic carbocycles. The topological polar surface area (TPSA) is 86.8 Å². The molecular formula is C18H22N6O. The fourth-order valence-electron chi connectivity index (χ4n) is 3.43. The van der Waals surface area contributed by atoms with E-state index in [1.54, 1.807) is 10.7 Å². The second kappa shape index (κ2) is 6.93. The molecule has 1 saturated heterocycles. The number of nitrogens with zero attached hydrogens (tertiary/aromatic N) is 5. The van der Waals surface area contributed by atoms with Crippen LogP contribution < -0.4 is 5.32 Å². The molecule has 7 heteroatoms. The first-order valence-electron chi connectivity index (χ1n) is 8.35. The molecule has 1 N–H and O–H groups in total. The number of carbonyl (C=O) groups is 1. The van der Waals surface area contributed by atoms with Gasteiger partial charge >= 0.3 is 0 Å². The van der Waals surface area contributed by atoms with Crippen molar-refractivity contribution in [1.82, 2.24) is 19.7 Å². The number of anilines is 1. The average Bonchev–Trinajstić information content (AvgIpc) is 3.02. The van der Waals surface area contributed by atoms with Gasteiger partial charge in [-0.25, -0.2) is 4.98 Å². The highest BCUT2D eigenvalue weighted by Gasteiger charge is 2.35. The van der Waals surface area contributed by atoms with Crippen LogP contribution in [0.15, 0.2) is 24.5 Å². The van der Waals surface area contributed by atoms with Crippen LogP contribution in [0.4, 0.5) is 5.82 Å². The number of pyridine rings is 1. The van der Waals surface area contributed by atoms with Gasteiger partial charge < -0.3 is 10.2 Å². The first-order chi connectivity index (χ1) is 12.0. The van der Waals surface area contributed by atoms with Crippen LogP contribution in [0.5, 0.6) is 0 Å². The van der Waals surface area contributed by atoms with E-state index in [9.17, 15) is 10.1 Å². The van der Waals surface area contributed by atoms with Crippen LogP contribution in [0, 0.1) is 24.2 Å². The number of nitriles is 1. The Morgan fingerprint density at radius 1 is 1.40 bits per heavy atom. The summed E-state index contributed by atoms with van der Waals surface area (Å²) >= 11 is 0. The van der Waals surface area contributed by atoms with Crippen LogP contribution in [0.3, 0.4) is 0 Å². The minimum Gasteiger partial charge on any atom is -0.369 e. The van der Waals surface area contributed by atoms with Gasteiger partial charge in [0.25, 0.3) is 0 Å². The molecule has 0 bridgehead atoms. The van der Waals surface area contributed by atoms with Crippen molar-refractivity contribution in [3.63, 3.8) is 0 Å². The summed E-state index contributed by atoms with van der Waals surface area (Å²) in [6, 6.07) is 5.75. The van der Waals surface area contributed by atoms with Crippen LogP contribution in [0.25, 0.3) is 0 Å². The van der Waals surface area contributed by atoms with E-state index >= 15 is 0 Å². The van der Waals surface area contributed by atoms with Crippen LogP contribution >= 0.6 is 0 Å². The second-order valence-electron chi connectivity index (χ2n) is 6.54. The van der Waals surface area contributed by atoms with Crippen molar-refractivity contribution in [1.29, 1.82) is 5.26 Å². The Labute approximate surface area is 147 Å². The molecule has 2 aromatic rings. The fraction of sp³-hybridized carbons (Fsp3) is 0.444. The van der Waals surface area contributed by atoms with E-state index in [0.717, 1.165) is 17.7 Å². The standard InChI is InChI=1S/C18H22N6O/c1-12-4-5-13(8-19)18(22-12)20-9-14-6-7-16(25)24(3)17(14)15-10-21-23(2)11-15/h4-5,10-11,14,17H,6-7,9H2,1-3H3,(H,20,22)/t14-,17+/m1/s1. The number of hydrogen-bond acceptors (Lipinski definition) is 5. The Morgan fingerprint density at radius 2 is 2.20 bits per heavy atom. The lowest BCUT2D eigenvalue weighted by Crippen LogP contribution is -2.42. The van der Waals surface area contributed by atoms with E-state index < -0.39 is 0 Å². The van der Waals surface area contributed by atoms with Crippen molar-refractivity contribution in [2.24, 2.45) is 13.0 Å². The molecule has 0 saturated carbocycles. The zero-order valence-electron chi connectivity index (χ0n) is 14.7. The highest BCUT2D eigenvalue weighted by molar-refractivity contribution is 5.77. The van der Waals surface area contributed by atoms with Crippen molar-refractivity contribution in [2.75, 3.05) is 18.9 Å². The summed E-state index contributed by atoms with van der Waals surface area (Å²) in [6.07, 6.45) is 5.10. The molecule has 130 valence electrons. The minimum atomic E-state index is -0.0298. The number of rotatable bonds is 4. The van der Waals surface area contributed by atoms with E-state index in [2.05, 4.69) is 21.5 Å². The maximum absolute atomic E-state index is 12.2. The third-order valence-electron chi connectivity index (χ3n) is 4.74. The summed E-state index contributed by atoms with van der Waals surface area (Å²) in [5.41, 5.74) is 2.42. The maximum atomic E-state index is 12.2. The lowest BCUT2D eigenvalue weighted by molar-refractivity contribution is -0.136. The molecule has 25 heavy (non-hydrogen) atoms. The first kappa shape index (κ1) is 17.0. The SMILES string of the molecule is Cc1ccc(C#N)c(NC[C@H]2CCC(=O)N(C)[C@@H]2c2cnn(C)c2)n1. The normalized spacial score (nSPS) is 20.4. The number of piperidine rings is 1. The second-order valence-corrected chi connectivity index (χ2v) is 6.54. The smallest absolute Gasteiger partial charge is 0.222 e. The molecule has 3 rings (SSSR count). The van der Waals surface area contributed by atoms with Gasteiger partial charge in [-0.3, -0.25) is 9.48 Å². The summed E-state index contributed by atoms with van der Waals surface area (Å²) in [4.78, 5) is 18.4. The monoisotopic (exact) mass is 338 g/mol. The van der Waals surface area contributed by atoms with E-state index in [1.807, 2.05) is 44.4 Å². The highest BCUT2D eigenvalue weighted by atomic mass is 16.2. The number of aryl methyl sites for hydroxylation is 2. The van der Waals surface area contributed by atoms with Gasteiger partial charge in [-0.05, 0) is 25.5 Å². The van der Waals surface area contributed by atoms with Gasteiger partial charge in [0, 0.05) is 50.4 Å². The van der Waals surface area contributed by atoms with Gasteiger partial charge in [0.05, 0.1) is 17.8 Å². The van der Waals surface area contributed by atoms with E-state index in [1.165, 1.54) is 0 Å². The van der Waals surface area contributed by atoms with Crippen LogP contribution in [-0.2, 0) is 11.8 Å².